The van der Waals surface area contributed by atoms with E-state index in [-0.39, 0.29) is 17.2 Å². The van der Waals surface area contributed by atoms with Crippen molar-refractivity contribution in [3.63, 3.8) is 0 Å². The molecule has 0 radical (unpaired) electrons. The molecule has 1 N–H and O–H groups in total. The van der Waals surface area contributed by atoms with Gasteiger partial charge in [-0.3, -0.25) is 25.0 Å². The molecule has 1 heterocycles. The number of hydrogen-bond donors (Lipinski definition) is 1. The number of piperidine rings is 1. The van der Waals surface area contributed by atoms with Crippen LogP contribution in [0.25, 0.3) is 0 Å². The molecule has 1 fully saturated rings. The van der Waals surface area contributed by atoms with Gasteiger partial charge in [0.2, 0.25) is 0 Å². The van der Waals surface area contributed by atoms with E-state index in [1.807, 2.05) is 60.7 Å². The van der Waals surface area contributed by atoms with Crippen LogP contribution in [0.5, 0.6) is 0 Å². The lowest BCUT2D eigenvalue weighted by Crippen LogP contribution is -2.46. The molecular formula is C29H23N3O5. The van der Waals surface area contributed by atoms with Crippen LogP contribution in [0.1, 0.15) is 46.2 Å². The van der Waals surface area contributed by atoms with Gasteiger partial charge in [0.15, 0.2) is 5.78 Å². The standard InChI is InChI=1S/C29H23N3O5/c33-29-25(19-7-3-1-4-8-19)27(21-11-15-23(16-12-21)31(34)35)30-28(26(29)20-9-5-2-6-10-20)22-13-17-24(18-14-22)32(36)37/h1-18,25-28,30H/t25-,26-,27-,28+/m1/s1. The summed E-state index contributed by atoms with van der Waals surface area (Å²) in [4.78, 5) is 35.9. The molecule has 0 bridgehead atoms. The number of carbonyl (C=O) groups excluding carboxylic acids is 1. The second kappa shape index (κ2) is 10.1. The summed E-state index contributed by atoms with van der Waals surface area (Å²) in [5, 5.41) is 26.1. The summed E-state index contributed by atoms with van der Waals surface area (Å²) in [6.45, 7) is 0. The van der Waals surface area contributed by atoms with Gasteiger partial charge in [-0.15, -0.1) is 0 Å². The molecule has 0 aliphatic carbocycles. The summed E-state index contributed by atoms with van der Waals surface area (Å²) in [5.41, 5.74) is 3.10. The van der Waals surface area contributed by atoms with Crippen LogP contribution < -0.4 is 5.32 Å². The molecule has 4 aromatic carbocycles. The van der Waals surface area contributed by atoms with Crippen molar-refractivity contribution in [1.82, 2.24) is 5.32 Å². The van der Waals surface area contributed by atoms with Crippen molar-refractivity contribution in [2.24, 2.45) is 0 Å². The van der Waals surface area contributed by atoms with Crippen LogP contribution in [0.15, 0.2) is 109 Å². The first kappa shape index (κ1) is 24.0. The highest BCUT2D eigenvalue weighted by atomic mass is 16.6. The van der Waals surface area contributed by atoms with Crippen molar-refractivity contribution >= 4 is 17.2 Å². The molecule has 0 amide bonds. The Hall–Kier alpha value is -4.69. The highest BCUT2D eigenvalue weighted by molar-refractivity contribution is 5.94. The fourth-order valence-electron chi connectivity index (χ4n) is 5.13. The van der Waals surface area contributed by atoms with Crippen molar-refractivity contribution < 1.29 is 14.6 Å². The van der Waals surface area contributed by atoms with E-state index in [1.165, 1.54) is 24.3 Å². The number of nitrogens with zero attached hydrogens (tertiary/aromatic N) is 2. The number of hydrogen-bond acceptors (Lipinski definition) is 6. The Morgan fingerprint density at radius 1 is 0.514 bits per heavy atom. The summed E-state index contributed by atoms with van der Waals surface area (Å²) in [5.74, 6) is -1.10. The highest BCUT2D eigenvalue weighted by Crippen LogP contribution is 2.47. The maximum atomic E-state index is 14.4. The lowest BCUT2D eigenvalue weighted by molar-refractivity contribution is -0.385. The Bertz CT molecular complexity index is 1320. The smallest absolute Gasteiger partial charge is 0.269 e. The van der Waals surface area contributed by atoms with Crippen molar-refractivity contribution in [3.05, 3.63) is 152 Å². The van der Waals surface area contributed by atoms with Gasteiger partial charge in [-0.05, 0) is 22.3 Å². The topological polar surface area (TPSA) is 115 Å². The Balaban J connectivity index is 1.65. The number of Topliss-reactive ketones (excluding diaryl/α,β-unsaturated/α-hetero) is 1. The first-order valence-electron chi connectivity index (χ1n) is 11.8. The third-order valence-corrected chi connectivity index (χ3v) is 6.88. The summed E-state index contributed by atoms with van der Waals surface area (Å²) in [6.07, 6.45) is 0. The molecule has 37 heavy (non-hydrogen) atoms. The number of non-ortho nitro benzene ring substituents is 2. The van der Waals surface area contributed by atoms with Gasteiger partial charge >= 0.3 is 0 Å². The van der Waals surface area contributed by atoms with Crippen molar-refractivity contribution in [1.29, 1.82) is 0 Å². The number of nitro benzene ring substituents is 2. The van der Waals surface area contributed by atoms with Crippen molar-refractivity contribution in [2.45, 2.75) is 23.9 Å². The molecular weight excluding hydrogens is 470 g/mol. The molecule has 0 aromatic heterocycles. The third kappa shape index (κ3) is 4.74. The maximum Gasteiger partial charge on any atom is 0.269 e. The number of carbonyl (C=O) groups is 1. The van der Waals surface area contributed by atoms with E-state index in [9.17, 15) is 25.0 Å². The van der Waals surface area contributed by atoms with Crippen LogP contribution in [0.3, 0.4) is 0 Å². The Labute approximate surface area is 212 Å². The molecule has 0 spiro atoms. The normalized spacial score (nSPS) is 21.4. The van der Waals surface area contributed by atoms with E-state index < -0.39 is 33.8 Å². The number of benzene rings is 4. The zero-order valence-electron chi connectivity index (χ0n) is 19.6. The molecule has 0 saturated carbocycles. The van der Waals surface area contributed by atoms with Crippen LogP contribution in [0.2, 0.25) is 0 Å². The molecule has 8 nitrogen and oxygen atoms in total. The average Bonchev–Trinajstić information content (AvgIpc) is 2.93. The van der Waals surface area contributed by atoms with Gasteiger partial charge < -0.3 is 5.32 Å². The molecule has 184 valence electrons. The highest BCUT2D eigenvalue weighted by Gasteiger charge is 2.46. The van der Waals surface area contributed by atoms with Crippen LogP contribution in [0, 0.1) is 20.2 Å². The van der Waals surface area contributed by atoms with E-state index in [0.717, 1.165) is 22.3 Å². The second-order valence-corrected chi connectivity index (χ2v) is 9.00. The third-order valence-electron chi connectivity index (χ3n) is 6.88. The van der Waals surface area contributed by atoms with Crippen molar-refractivity contribution in [2.75, 3.05) is 0 Å². The predicted octanol–water partition coefficient (Wildman–Crippen LogP) is 6.03. The van der Waals surface area contributed by atoms with Crippen LogP contribution in [-0.4, -0.2) is 15.6 Å². The lowest BCUT2D eigenvalue weighted by atomic mass is 9.70. The first-order chi connectivity index (χ1) is 17.9. The molecule has 5 rings (SSSR count). The number of nitrogens with one attached hydrogen (secondary N) is 1. The van der Waals surface area contributed by atoms with Gasteiger partial charge in [-0.2, -0.15) is 0 Å². The molecule has 8 heteroatoms. The van der Waals surface area contributed by atoms with Gasteiger partial charge in [-0.25, -0.2) is 0 Å². The van der Waals surface area contributed by atoms with Gasteiger partial charge in [0.25, 0.3) is 11.4 Å². The second-order valence-electron chi connectivity index (χ2n) is 9.00. The van der Waals surface area contributed by atoms with Crippen molar-refractivity contribution in [3.8, 4) is 0 Å². The van der Waals surface area contributed by atoms with E-state index in [2.05, 4.69) is 5.32 Å². The van der Waals surface area contributed by atoms with E-state index >= 15 is 0 Å². The largest absolute Gasteiger partial charge is 0.301 e. The minimum Gasteiger partial charge on any atom is -0.301 e. The predicted molar refractivity (Wildman–Crippen MR) is 138 cm³/mol. The zero-order chi connectivity index (χ0) is 25.9. The minimum atomic E-state index is -0.554. The van der Waals surface area contributed by atoms with E-state index in [1.54, 1.807) is 24.3 Å². The van der Waals surface area contributed by atoms with Crippen LogP contribution >= 0.6 is 0 Å². The van der Waals surface area contributed by atoms with Crippen LogP contribution in [0.4, 0.5) is 11.4 Å². The maximum absolute atomic E-state index is 14.4. The zero-order valence-corrected chi connectivity index (χ0v) is 19.6. The fourth-order valence-corrected chi connectivity index (χ4v) is 5.13. The Kier molecular flexibility index (Phi) is 6.57. The van der Waals surface area contributed by atoms with Gasteiger partial charge in [0.05, 0.1) is 21.7 Å². The summed E-state index contributed by atoms with van der Waals surface area (Å²) in [7, 11) is 0. The summed E-state index contributed by atoms with van der Waals surface area (Å²) >= 11 is 0. The minimum absolute atomic E-state index is 0.00264. The van der Waals surface area contributed by atoms with Gasteiger partial charge in [-0.1, -0.05) is 84.9 Å². The summed E-state index contributed by atoms with van der Waals surface area (Å²) < 4.78 is 0. The number of rotatable bonds is 6. The van der Waals surface area contributed by atoms with Gasteiger partial charge in [0.1, 0.15) is 0 Å². The molecule has 1 saturated heterocycles. The molecule has 1 aliphatic rings. The SMILES string of the molecule is O=C1[C@H](c2ccccc2)[C@@H](c2ccc([N+](=O)[O-])cc2)N[C@@H](c2ccc([N+](=O)[O-])cc2)[C@H]1c1ccccc1. The monoisotopic (exact) mass is 493 g/mol. The number of nitro groups is 2. The lowest BCUT2D eigenvalue weighted by Gasteiger charge is -2.42. The van der Waals surface area contributed by atoms with Crippen LogP contribution in [-0.2, 0) is 4.79 Å². The molecule has 4 aromatic rings. The van der Waals surface area contributed by atoms with E-state index in [0.29, 0.717) is 0 Å². The summed E-state index contributed by atoms with van der Waals surface area (Å²) in [6, 6.07) is 30.5. The number of ketones is 1. The van der Waals surface area contributed by atoms with Gasteiger partial charge in [0, 0.05) is 36.3 Å². The Morgan fingerprint density at radius 2 is 0.865 bits per heavy atom. The quantitative estimate of drug-likeness (QED) is 0.259. The molecule has 4 atom stereocenters. The van der Waals surface area contributed by atoms with E-state index in [4.69, 9.17) is 0 Å². The average molecular weight is 494 g/mol. The fraction of sp³-hybridized carbons (Fsp3) is 0.138. The first-order valence-corrected chi connectivity index (χ1v) is 11.8. The Morgan fingerprint density at radius 3 is 1.19 bits per heavy atom. The molecule has 1 aliphatic heterocycles. The molecule has 0 unspecified atom stereocenters.